The van der Waals surface area contributed by atoms with E-state index in [0.717, 1.165) is 6.07 Å². The Hall–Kier alpha value is -4.07. The molecule has 0 bridgehead atoms. The number of nitrogens with one attached hydrogen (secondary N) is 2. The monoisotopic (exact) mass is 420 g/mol. The van der Waals surface area contributed by atoms with Crippen LogP contribution in [-0.4, -0.2) is 28.0 Å². The lowest BCUT2D eigenvalue weighted by Crippen LogP contribution is -2.09. The molecule has 2 N–H and O–H groups in total. The van der Waals surface area contributed by atoms with E-state index in [1.54, 1.807) is 43.6 Å². The van der Waals surface area contributed by atoms with E-state index in [9.17, 15) is 13.6 Å². The molecule has 156 valence electrons. The van der Waals surface area contributed by atoms with Crippen molar-refractivity contribution in [2.24, 2.45) is 0 Å². The number of methoxy groups -OCH3 is 1. The Morgan fingerprint density at radius 3 is 2.81 bits per heavy atom. The Balaban J connectivity index is 1.80. The summed E-state index contributed by atoms with van der Waals surface area (Å²) in [6, 6.07) is 9.03. The van der Waals surface area contributed by atoms with Crippen LogP contribution >= 0.6 is 0 Å². The summed E-state index contributed by atoms with van der Waals surface area (Å²) in [4.78, 5) is 23.7. The Kier molecular flexibility index (Phi) is 5.44. The van der Waals surface area contributed by atoms with Crippen LogP contribution in [-0.2, 0) is 4.79 Å². The molecule has 6 nitrogen and oxygen atoms in total. The molecule has 1 aromatic carbocycles. The van der Waals surface area contributed by atoms with Gasteiger partial charge in [0.05, 0.1) is 12.8 Å². The molecule has 3 aromatic heterocycles. The van der Waals surface area contributed by atoms with Crippen molar-refractivity contribution in [1.82, 2.24) is 15.0 Å². The maximum atomic E-state index is 14.2. The lowest BCUT2D eigenvalue weighted by molar-refractivity contribution is -0.111. The summed E-state index contributed by atoms with van der Waals surface area (Å²) in [7, 11) is 1.33. The highest BCUT2D eigenvalue weighted by Gasteiger charge is 2.18. The molecule has 0 fully saturated rings. The van der Waals surface area contributed by atoms with Gasteiger partial charge < -0.3 is 15.0 Å². The first kappa shape index (κ1) is 20.2. The van der Waals surface area contributed by atoms with Crippen LogP contribution in [0.1, 0.15) is 6.92 Å². The van der Waals surface area contributed by atoms with Gasteiger partial charge in [-0.25, -0.2) is 18.7 Å². The summed E-state index contributed by atoms with van der Waals surface area (Å²) in [5.74, 6) is -1.45. The van der Waals surface area contributed by atoms with E-state index in [1.165, 1.54) is 19.3 Å². The van der Waals surface area contributed by atoms with Crippen LogP contribution in [0.2, 0.25) is 0 Å². The zero-order chi connectivity index (χ0) is 22.0. The summed E-state index contributed by atoms with van der Waals surface area (Å²) in [6.45, 7) is 1.75. The fourth-order valence-corrected chi connectivity index (χ4v) is 3.32. The molecule has 4 rings (SSSR count). The number of aromatic amines is 1. The maximum Gasteiger partial charge on any atom is 0.249 e. The Morgan fingerprint density at radius 1 is 1.19 bits per heavy atom. The second-order valence-corrected chi connectivity index (χ2v) is 6.69. The van der Waals surface area contributed by atoms with Gasteiger partial charge >= 0.3 is 0 Å². The fraction of sp³-hybridized carbons (Fsp3) is 0.0870. The number of carbonyl (C=O) groups is 1. The van der Waals surface area contributed by atoms with Gasteiger partial charge in [-0.15, -0.1) is 0 Å². The van der Waals surface area contributed by atoms with E-state index >= 15 is 0 Å². The van der Waals surface area contributed by atoms with Crippen molar-refractivity contribution in [3.05, 3.63) is 72.6 Å². The molecule has 0 radical (unpaired) electrons. The average Bonchev–Trinajstić information content (AvgIpc) is 3.16. The van der Waals surface area contributed by atoms with Crippen molar-refractivity contribution < 1.29 is 18.3 Å². The number of rotatable bonds is 5. The number of nitrogens with zero attached hydrogens (tertiary/aromatic N) is 2. The average molecular weight is 420 g/mol. The molecule has 0 unspecified atom stereocenters. The van der Waals surface area contributed by atoms with Crippen LogP contribution in [0.4, 0.5) is 14.6 Å². The van der Waals surface area contributed by atoms with Crippen molar-refractivity contribution in [2.45, 2.75) is 6.92 Å². The molecule has 0 saturated heterocycles. The number of anilines is 1. The molecule has 8 heteroatoms. The molecule has 4 aromatic rings. The van der Waals surface area contributed by atoms with Gasteiger partial charge in [0.1, 0.15) is 17.3 Å². The summed E-state index contributed by atoms with van der Waals surface area (Å²) >= 11 is 0. The van der Waals surface area contributed by atoms with Gasteiger partial charge in [-0.3, -0.25) is 4.79 Å². The molecule has 0 aliphatic carbocycles. The van der Waals surface area contributed by atoms with Crippen molar-refractivity contribution in [1.29, 1.82) is 0 Å². The van der Waals surface area contributed by atoms with Gasteiger partial charge in [0.2, 0.25) is 5.91 Å². The SMILES string of the molecule is C/C=C/C(=O)Nc1cccc(-c2cnc3[nH]cc(-c4cc(F)cc(F)c4OC)c3c2)n1. The molecular formula is C23H18F2N4O2. The Morgan fingerprint density at radius 2 is 2.03 bits per heavy atom. The second-order valence-electron chi connectivity index (χ2n) is 6.69. The number of ether oxygens (including phenoxy) is 1. The lowest BCUT2D eigenvalue weighted by atomic mass is 10.0. The Labute approximate surface area is 176 Å². The number of aromatic nitrogens is 3. The van der Waals surface area contributed by atoms with Crippen LogP contribution in [0.3, 0.4) is 0 Å². The molecule has 1 amide bonds. The predicted octanol–water partition coefficient (Wildman–Crippen LogP) is 5.09. The number of allylic oxidation sites excluding steroid dienone is 1. The van der Waals surface area contributed by atoms with Gasteiger partial charge in [-0.2, -0.15) is 0 Å². The number of H-pyrrole nitrogens is 1. The molecule has 0 saturated carbocycles. The third-order valence-electron chi connectivity index (χ3n) is 4.65. The van der Waals surface area contributed by atoms with Crippen LogP contribution < -0.4 is 10.1 Å². The quantitative estimate of drug-likeness (QED) is 0.441. The number of hydrogen-bond acceptors (Lipinski definition) is 4. The first-order valence-electron chi connectivity index (χ1n) is 9.41. The van der Waals surface area contributed by atoms with Crippen molar-refractivity contribution >= 4 is 22.8 Å². The summed E-state index contributed by atoms with van der Waals surface area (Å²) in [6.07, 6.45) is 6.29. The van der Waals surface area contributed by atoms with E-state index in [1.807, 2.05) is 6.07 Å². The summed E-state index contributed by atoms with van der Waals surface area (Å²) in [5, 5.41) is 3.33. The first-order valence-corrected chi connectivity index (χ1v) is 9.41. The minimum atomic E-state index is -0.790. The minimum absolute atomic E-state index is 0.0560. The standard InChI is InChI=1S/C23H18F2N4O2/c1-3-5-21(30)29-20-7-4-6-19(28-20)13-8-16-17(12-27-23(16)26-11-13)15-9-14(24)10-18(25)22(15)31-2/h3-12H,1-2H3,(H,26,27)(H,28,29,30)/b5-3+. The van der Waals surface area contributed by atoms with Gasteiger partial charge in [0.25, 0.3) is 0 Å². The highest BCUT2D eigenvalue weighted by Crippen LogP contribution is 2.38. The van der Waals surface area contributed by atoms with Crippen LogP contribution in [0, 0.1) is 11.6 Å². The molecule has 31 heavy (non-hydrogen) atoms. The van der Waals surface area contributed by atoms with Crippen LogP contribution in [0.25, 0.3) is 33.4 Å². The van der Waals surface area contributed by atoms with Crippen molar-refractivity contribution in [3.63, 3.8) is 0 Å². The second kappa shape index (κ2) is 8.35. The zero-order valence-electron chi connectivity index (χ0n) is 16.7. The third-order valence-corrected chi connectivity index (χ3v) is 4.65. The molecular weight excluding hydrogens is 402 g/mol. The number of pyridine rings is 2. The minimum Gasteiger partial charge on any atom is -0.493 e. The smallest absolute Gasteiger partial charge is 0.249 e. The van der Waals surface area contributed by atoms with Crippen molar-refractivity contribution in [3.8, 4) is 28.1 Å². The first-order chi connectivity index (χ1) is 15.0. The van der Waals surface area contributed by atoms with Crippen LogP contribution in [0.15, 0.2) is 60.9 Å². The summed E-state index contributed by atoms with van der Waals surface area (Å²) in [5.41, 5.74) is 2.61. The van der Waals surface area contributed by atoms with Gasteiger partial charge in [0.15, 0.2) is 11.6 Å². The van der Waals surface area contributed by atoms with Gasteiger partial charge in [0, 0.05) is 40.5 Å². The predicted molar refractivity (Wildman–Crippen MR) is 115 cm³/mol. The number of fused-ring (bicyclic) bond motifs is 1. The van der Waals surface area contributed by atoms with E-state index in [2.05, 4.69) is 20.3 Å². The third kappa shape index (κ3) is 4.00. The summed E-state index contributed by atoms with van der Waals surface area (Å²) < 4.78 is 33.3. The largest absolute Gasteiger partial charge is 0.493 e. The molecule has 0 spiro atoms. The molecule has 0 aliphatic heterocycles. The van der Waals surface area contributed by atoms with Crippen LogP contribution in [0.5, 0.6) is 5.75 Å². The number of benzene rings is 1. The Bertz CT molecular complexity index is 1310. The zero-order valence-corrected chi connectivity index (χ0v) is 16.7. The highest BCUT2D eigenvalue weighted by molar-refractivity contribution is 5.99. The van der Waals surface area contributed by atoms with Gasteiger partial charge in [-0.05, 0) is 37.3 Å². The molecule has 0 aliphatic rings. The van der Waals surface area contributed by atoms with E-state index in [-0.39, 0.29) is 17.2 Å². The van der Waals surface area contributed by atoms with E-state index < -0.39 is 11.6 Å². The van der Waals surface area contributed by atoms with E-state index in [0.29, 0.717) is 33.7 Å². The van der Waals surface area contributed by atoms with Crippen molar-refractivity contribution in [2.75, 3.05) is 12.4 Å². The number of hydrogen-bond donors (Lipinski definition) is 2. The fourth-order valence-electron chi connectivity index (χ4n) is 3.32. The van der Waals surface area contributed by atoms with E-state index in [4.69, 9.17) is 4.74 Å². The number of halogens is 2. The topological polar surface area (TPSA) is 79.9 Å². The van der Waals surface area contributed by atoms with Gasteiger partial charge in [-0.1, -0.05) is 12.1 Å². The lowest BCUT2D eigenvalue weighted by Gasteiger charge is -2.10. The number of amides is 1. The maximum absolute atomic E-state index is 14.2. The molecule has 3 heterocycles. The highest BCUT2D eigenvalue weighted by atomic mass is 19.1. The number of carbonyl (C=O) groups excluding carboxylic acids is 1. The molecule has 0 atom stereocenters. The normalized spacial score (nSPS) is 11.2.